The first kappa shape index (κ1) is 14.5. The molecule has 0 spiro atoms. The topological polar surface area (TPSA) is 38.8 Å². The third kappa shape index (κ3) is 3.83. The predicted molar refractivity (Wildman–Crippen MR) is 80.0 cm³/mol. The molecule has 0 radical (unpaired) electrons. The summed E-state index contributed by atoms with van der Waals surface area (Å²) in [5.74, 6) is 0.439. The Morgan fingerprint density at radius 1 is 1.14 bits per heavy atom. The van der Waals surface area contributed by atoms with E-state index in [2.05, 4.69) is 12.1 Å². The van der Waals surface area contributed by atoms with Crippen LogP contribution < -0.4 is 0 Å². The molecule has 2 fully saturated rings. The van der Waals surface area contributed by atoms with Crippen molar-refractivity contribution in [1.82, 2.24) is 4.90 Å². The molecule has 2 aliphatic rings. The number of morpholine rings is 1. The van der Waals surface area contributed by atoms with Crippen molar-refractivity contribution in [2.24, 2.45) is 5.92 Å². The summed E-state index contributed by atoms with van der Waals surface area (Å²) in [5, 5.41) is 0. The van der Waals surface area contributed by atoms with Gasteiger partial charge in [0.2, 0.25) is 5.91 Å². The molecule has 0 saturated carbocycles. The first-order valence-corrected chi connectivity index (χ1v) is 7.85. The van der Waals surface area contributed by atoms with Crippen LogP contribution in [-0.2, 0) is 20.7 Å². The average molecular weight is 289 g/mol. The maximum Gasteiger partial charge on any atom is 0.226 e. The van der Waals surface area contributed by atoms with Gasteiger partial charge < -0.3 is 14.4 Å². The highest BCUT2D eigenvalue weighted by Gasteiger charge is 2.30. The number of ether oxygens (including phenoxy) is 2. The van der Waals surface area contributed by atoms with E-state index in [-0.39, 0.29) is 12.0 Å². The minimum atomic E-state index is 0.116. The van der Waals surface area contributed by atoms with Crippen molar-refractivity contribution in [3.63, 3.8) is 0 Å². The van der Waals surface area contributed by atoms with Crippen molar-refractivity contribution in [2.45, 2.75) is 25.4 Å². The number of nitrogens with zero attached hydrogens (tertiary/aromatic N) is 1. The molecule has 0 unspecified atom stereocenters. The summed E-state index contributed by atoms with van der Waals surface area (Å²) in [6.07, 6.45) is 2.71. The Morgan fingerprint density at radius 3 is 2.67 bits per heavy atom. The van der Waals surface area contributed by atoms with E-state index in [1.165, 1.54) is 5.56 Å². The maximum atomic E-state index is 12.6. The molecule has 4 heteroatoms. The Hall–Kier alpha value is -1.39. The summed E-state index contributed by atoms with van der Waals surface area (Å²) in [7, 11) is 0. The summed E-state index contributed by atoms with van der Waals surface area (Å²) in [6.45, 7) is 3.52. The number of amides is 1. The first-order chi connectivity index (χ1) is 10.3. The smallest absolute Gasteiger partial charge is 0.226 e. The zero-order valence-corrected chi connectivity index (χ0v) is 12.4. The minimum Gasteiger partial charge on any atom is -0.381 e. The van der Waals surface area contributed by atoms with Crippen LogP contribution in [0.3, 0.4) is 0 Å². The van der Waals surface area contributed by atoms with Crippen LogP contribution in [0.15, 0.2) is 30.3 Å². The van der Waals surface area contributed by atoms with Gasteiger partial charge in [0, 0.05) is 38.6 Å². The van der Waals surface area contributed by atoms with Gasteiger partial charge in [-0.2, -0.15) is 0 Å². The van der Waals surface area contributed by atoms with E-state index in [4.69, 9.17) is 9.47 Å². The first-order valence-electron chi connectivity index (χ1n) is 7.85. The lowest BCUT2D eigenvalue weighted by Gasteiger charge is -2.36. The van der Waals surface area contributed by atoms with E-state index in [0.29, 0.717) is 32.3 Å². The lowest BCUT2D eigenvalue weighted by atomic mass is 9.98. The van der Waals surface area contributed by atoms with Crippen LogP contribution in [0.1, 0.15) is 18.4 Å². The summed E-state index contributed by atoms with van der Waals surface area (Å²) < 4.78 is 11.2. The van der Waals surface area contributed by atoms with Crippen molar-refractivity contribution in [1.29, 1.82) is 0 Å². The molecule has 2 heterocycles. The number of rotatable bonds is 3. The molecule has 2 saturated heterocycles. The van der Waals surface area contributed by atoms with E-state index in [0.717, 1.165) is 25.8 Å². The van der Waals surface area contributed by atoms with Crippen LogP contribution in [-0.4, -0.2) is 49.8 Å². The molecule has 0 aromatic heterocycles. The second-order valence-corrected chi connectivity index (χ2v) is 5.85. The number of carbonyl (C=O) groups excluding carboxylic acids is 1. The molecule has 4 nitrogen and oxygen atoms in total. The predicted octanol–water partition coefficient (Wildman–Crippen LogP) is 1.88. The maximum absolute atomic E-state index is 12.6. The van der Waals surface area contributed by atoms with Crippen molar-refractivity contribution in [2.75, 3.05) is 32.9 Å². The zero-order valence-electron chi connectivity index (χ0n) is 12.4. The third-order valence-corrected chi connectivity index (χ3v) is 4.33. The van der Waals surface area contributed by atoms with Gasteiger partial charge in [-0.25, -0.2) is 0 Å². The highest BCUT2D eigenvalue weighted by molar-refractivity contribution is 5.79. The molecule has 21 heavy (non-hydrogen) atoms. The molecular weight excluding hydrogens is 266 g/mol. The second kappa shape index (κ2) is 7.05. The van der Waals surface area contributed by atoms with Crippen LogP contribution >= 0.6 is 0 Å². The lowest BCUT2D eigenvalue weighted by molar-refractivity contribution is -0.146. The molecule has 0 bridgehead atoms. The molecule has 114 valence electrons. The van der Waals surface area contributed by atoms with Crippen LogP contribution in [0.25, 0.3) is 0 Å². The van der Waals surface area contributed by atoms with Gasteiger partial charge in [-0.3, -0.25) is 4.79 Å². The van der Waals surface area contributed by atoms with Crippen molar-refractivity contribution in [3.05, 3.63) is 35.9 Å². The summed E-state index contributed by atoms with van der Waals surface area (Å²) in [4.78, 5) is 14.6. The normalized spacial score (nSPS) is 24.0. The van der Waals surface area contributed by atoms with Crippen LogP contribution in [0.5, 0.6) is 0 Å². The molecule has 1 aromatic carbocycles. The summed E-state index contributed by atoms with van der Waals surface area (Å²) in [6, 6.07) is 10.3. The highest BCUT2D eigenvalue weighted by atomic mass is 16.5. The molecule has 0 aliphatic carbocycles. The summed E-state index contributed by atoms with van der Waals surface area (Å²) in [5.41, 5.74) is 1.27. The van der Waals surface area contributed by atoms with Gasteiger partial charge in [-0.1, -0.05) is 30.3 Å². The van der Waals surface area contributed by atoms with E-state index >= 15 is 0 Å². The van der Waals surface area contributed by atoms with Gasteiger partial charge in [0.05, 0.1) is 12.7 Å². The second-order valence-electron chi connectivity index (χ2n) is 5.85. The molecular formula is C17H23NO3. The highest BCUT2D eigenvalue weighted by Crippen LogP contribution is 2.20. The van der Waals surface area contributed by atoms with Gasteiger partial charge in [-0.15, -0.1) is 0 Å². The number of hydrogen-bond acceptors (Lipinski definition) is 3. The number of hydrogen-bond donors (Lipinski definition) is 0. The average Bonchev–Trinajstić information content (AvgIpc) is 2.56. The van der Waals surface area contributed by atoms with Crippen LogP contribution in [0.4, 0.5) is 0 Å². The van der Waals surface area contributed by atoms with E-state index in [1.54, 1.807) is 0 Å². The molecule has 2 aliphatic heterocycles. The number of benzene rings is 1. The largest absolute Gasteiger partial charge is 0.381 e. The fraction of sp³-hybridized carbons (Fsp3) is 0.588. The lowest BCUT2D eigenvalue weighted by Crippen LogP contribution is -2.49. The molecule has 0 N–H and O–H groups in total. The van der Waals surface area contributed by atoms with Gasteiger partial charge in [0.25, 0.3) is 0 Å². The van der Waals surface area contributed by atoms with Crippen LogP contribution in [0.2, 0.25) is 0 Å². The van der Waals surface area contributed by atoms with Gasteiger partial charge in [0.1, 0.15) is 0 Å². The quantitative estimate of drug-likeness (QED) is 0.853. The fourth-order valence-electron chi connectivity index (χ4n) is 3.12. The number of carbonyl (C=O) groups is 1. The monoisotopic (exact) mass is 289 g/mol. The van der Waals surface area contributed by atoms with E-state index in [9.17, 15) is 4.79 Å². The Kier molecular flexibility index (Phi) is 4.88. The zero-order chi connectivity index (χ0) is 14.5. The van der Waals surface area contributed by atoms with Gasteiger partial charge in [-0.05, 0) is 18.4 Å². The van der Waals surface area contributed by atoms with E-state index in [1.807, 2.05) is 23.1 Å². The van der Waals surface area contributed by atoms with Gasteiger partial charge >= 0.3 is 0 Å². The van der Waals surface area contributed by atoms with Crippen molar-refractivity contribution < 1.29 is 14.3 Å². The molecule has 1 amide bonds. The molecule has 1 aromatic rings. The Labute approximate surface area is 126 Å². The summed E-state index contributed by atoms with van der Waals surface area (Å²) >= 11 is 0. The Balaban J connectivity index is 1.56. The Bertz CT molecular complexity index is 456. The van der Waals surface area contributed by atoms with E-state index < -0.39 is 0 Å². The molecule has 1 atom stereocenters. The van der Waals surface area contributed by atoms with Crippen LogP contribution in [0, 0.1) is 5.92 Å². The Morgan fingerprint density at radius 2 is 1.90 bits per heavy atom. The standard InChI is InChI=1S/C17H23NO3/c19-17(15-6-9-20-10-7-15)18-8-11-21-16(13-18)12-14-4-2-1-3-5-14/h1-5,15-16H,6-13H2/t16-/m1/s1. The fourth-order valence-corrected chi connectivity index (χ4v) is 3.12. The van der Waals surface area contributed by atoms with Crippen molar-refractivity contribution >= 4 is 5.91 Å². The molecule has 3 rings (SSSR count). The SMILES string of the molecule is O=C(C1CCOCC1)N1CCO[C@H](Cc2ccccc2)C1. The minimum absolute atomic E-state index is 0.116. The third-order valence-electron chi connectivity index (χ3n) is 4.33. The van der Waals surface area contributed by atoms with Crippen molar-refractivity contribution in [3.8, 4) is 0 Å². The van der Waals surface area contributed by atoms with Gasteiger partial charge in [0.15, 0.2) is 0 Å².